The number of esters is 1. The highest BCUT2D eigenvalue weighted by Crippen LogP contribution is 2.60. The number of nitrogens with zero attached hydrogens (tertiary/aromatic N) is 1. The van der Waals surface area contributed by atoms with Gasteiger partial charge in [-0.15, -0.1) is 0 Å². The van der Waals surface area contributed by atoms with Gasteiger partial charge in [-0.25, -0.2) is 4.79 Å². The third-order valence-corrected chi connectivity index (χ3v) is 8.53. The first kappa shape index (κ1) is 24.0. The van der Waals surface area contributed by atoms with Crippen molar-refractivity contribution in [1.82, 2.24) is 4.90 Å². The molecule has 1 aromatic rings. The molecule has 1 heterocycles. The molecule has 2 amide bonds. The van der Waals surface area contributed by atoms with Crippen LogP contribution < -0.4 is 5.32 Å². The first-order valence-corrected chi connectivity index (χ1v) is 12.8. The lowest BCUT2D eigenvalue weighted by molar-refractivity contribution is -0.168. The van der Waals surface area contributed by atoms with Crippen LogP contribution in [-0.4, -0.2) is 58.4 Å². The number of aliphatic hydroxyl groups excluding tert-OH is 1. The second-order valence-corrected chi connectivity index (χ2v) is 11.2. The fourth-order valence-electron chi connectivity index (χ4n) is 7.38. The summed E-state index contributed by atoms with van der Waals surface area (Å²) in [5.41, 5.74) is 0.296. The summed E-state index contributed by atoms with van der Waals surface area (Å²) < 4.78 is 5.48. The lowest BCUT2D eigenvalue weighted by atomic mass is 9.49. The lowest BCUT2D eigenvalue weighted by Gasteiger charge is -2.56. The number of para-hydroxylation sites is 1. The Labute approximate surface area is 205 Å². The van der Waals surface area contributed by atoms with E-state index >= 15 is 0 Å². The summed E-state index contributed by atoms with van der Waals surface area (Å²) in [6.45, 7) is 2.99. The molecular weight excluding hydrogens is 448 g/mol. The molecule has 1 saturated heterocycles. The number of rotatable bonds is 6. The molecule has 0 spiro atoms. The molecule has 1 aromatic carbocycles. The monoisotopic (exact) mass is 482 g/mol. The second-order valence-electron chi connectivity index (χ2n) is 11.2. The maximum Gasteiger partial charge on any atom is 0.329 e. The number of hydrogen-bond donors (Lipinski definition) is 2. The van der Waals surface area contributed by atoms with Gasteiger partial charge in [0.1, 0.15) is 6.04 Å². The van der Waals surface area contributed by atoms with Crippen molar-refractivity contribution in [1.29, 1.82) is 0 Å². The van der Waals surface area contributed by atoms with E-state index in [4.69, 9.17) is 4.74 Å². The Balaban J connectivity index is 1.26. The molecule has 6 rings (SSSR count). The highest BCUT2D eigenvalue weighted by Gasteiger charge is 2.57. The van der Waals surface area contributed by atoms with E-state index in [2.05, 4.69) is 5.32 Å². The van der Waals surface area contributed by atoms with Crippen LogP contribution in [0.4, 0.5) is 5.69 Å². The highest BCUT2D eigenvalue weighted by atomic mass is 16.5. The fraction of sp³-hybridized carbons (Fsp3) is 0.630. The molecule has 2 unspecified atom stereocenters. The van der Waals surface area contributed by atoms with E-state index in [0.717, 1.165) is 19.3 Å². The van der Waals surface area contributed by atoms with Crippen molar-refractivity contribution < 1.29 is 29.0 Å². The molecule has 4 aliphatic carbocycles. The van der Waals surface area contributed by atoms with Crippen LogP contribution in [0.2, 0.25) is 0 Å². The SMILES string of the molecule is CC(=O)c1ccccc1NC(=O)C(C)OC(=O)[C@@H]1CC(O)CN1C(=O)C12CC3CC(CC(C3)C1)C2. The average Bonchev–Trinajstić information content (AvgIpc) is 3.19. The Kier molecular flexibility index (Phi) is 6.20. The molecule has 0 radical (unpaired) electrons. The Morgan fingerprint density at radius 2 is 1.63 bits per heavy atom. The normalized spacial score (nSPS) is 33.9. The van der Waals surface area contributed by atoms with Crippen LogP contribution in [0.15, 0.2) is 24.3 Å². The number of β-amino-alcohol motifs (C(OH)–C–C–N with tert-alkyl or cyclic N) is 1. The number of benzene rings is 1. The van der Waals surface area contributed by atoms with Crippen molar-refractivity contribution >= 4 is 29.3 Å². The van der Waals surface area contributed by atoms with Crippen molar-refractivity contribution in [2.45, 2.75) is 77.0 Å². The molecule has 3 atom stereocenters. The quantitative estimate of drug-likeness (QED) is 0.476. The minimum Gasteiger partial charge on any atom is -0.451 e. The zero-order valence-electron chi connectivity index (χ0n) is 20.4. The summed E-state index contributed by atoms with van der Waals surface area (Å²) in [6.07, 6.45) is 4.44. The molecule has 0 aromatic heterocycles. The average molecular weight is 483 g/mol. The van der Waals surface area contributed by atoms with Crippen LogP contribution in [0.25, 0.3) is 0 Å². The maximum atomic E-state index is 13.8. The van der Waals surface area contributed by atoms with Crippen molar-refractivity contribution in [3.8, 4) is 0 Å². The largest absolute Gasteiger partial charge is 0.451 e. The molecule has 4 saturated carbocycles. The summed E-state index contributed by atoms with van der Waals surface area (Å²) in [6, 6.07) is 5.74. The van der Waals surface area contributed by atoms with Gasteiger partial charge < -0.3 is 20.1 Å². The van der Waals surface area contributed by atoms with Crippen LogP contribution in [-0.2, 0) is 19.1 Å². The van der Waals surface area contributed by atoms with Gasteiger partial charge in [0.05, 0.1) is 17.2 Å². The summed E-state index contributed by atoms with van der Waals surface area (Å²) >= 11 is 0. The molecule has 4 bridgehead atoms. The highest BCUT2D eigenvalue weighted by molar-refractivity contribution is 6.04. The number of hydrogen-bond acceptors (Lipinski definition) is 6. The summed E-state index contributed by atoms with van der Waals surface area (Å²) in [4.78, 5) is 53.0. The standard InChI is InChI=1S/C27H34N2O6/c1-15(30)21-5-3-4-6-22(21)28-24(32)16(2)35-25(33)23-10-20(31)14-29(23)26(34)27-11-17-7-18(12-27)9-19(8-17)13-27/h3-6,16-20,23,31H,7-14H2,1-2H3,(H,28,32)/t16?,17?,18?,19?,20?,23-,27?/m0/s1. The Hall–Kier alpha value is -2.74. The first-order valence-electron chi connectivity index (χ1n) is 12.8. The van der Waals surface area contributed by atoms with Crippen LogP contribution in [0.1, 0.15) is 69.2 Å². The van der Waals surface area contributed by atoms with Gasteiger partial charge in [-0.3, -0.25) is 14.4 Å². The van der Waals surface area contributed by atoms with Gasteiger partial charge in [0.15, 0.2) is 11.9 Å². The fourth-order valence-corrected chi connectivity index (χ4v) is 7.38. The predicted molar refractivity (Wildman–Crippen MR) is 127 cm³/mol. The molecule has 5 aliphatic rings. The van der Waals surface area contributed by atoms with E-state index < -0.39 is 35.5 Å². The predicted octanol–water partition coefficient (Wildman–Crippen LogP) is 2.94. The van der Waals surface area contributed by atoms with E-state index in [9.17, 15) is 24.3 Å². The van der Waals surface area contributed by atoms with Crippen molar-refractivity contribution in [2.24, 2.45) is 23.2 Å². The van der Waals surface area contributed by atoms with Gasteiger partial charge in [0, 0.05) is 18.5 Å². The molecule has 5 fully saturated rings. The zero-order valence-corrected chi connectivity index (χ0v) is 20.4. The third-order valence-electron chi connectivity index (χ3n) is 8.53. The van der Waals surface area contributed by atoms with Crippen molar-refractivity contribution in [3.63, 3.8) is 0 Å². The van der Waals surface area contributed by atoms with Crippen LogP contribution in [0.3, 0.4) is 0 Å². The number of nitrogens with one attached hydrogen (secondary N) is 1. The van der Waals surface area contributed by atoms with Gasteiger partial charge in [-0.2, -0.15) is 0 Å². The molecule has 2 N–H and O–H groups in total. The number of likely N-dealkylation sites (tertiary alicyclic amines) is 1. The number of aliphatic hydroxyl groups is 1. The topological polar surface area (TPSA) is 113 Å². The van der Waals surface area contributed by atoms with E-state index in [1.807, 2.05) is 0 Å². The zero-order chi connectivity index (χ0) is 24.9. The van der Waals surface area contributed by atoms with E-state index in [1.165, 1.54) is 38.0 Å². The van der Waals surface area contributed by atoms with Crippen molar-refractivity contribution in [2.75, 3.05) is 11.9 Å². The Morgan fingerprint density at radius 1 is 1.03 bits per heavy atom. The van der Waals surface area contributed by atoms with Gasteiger partial charge in [-0.05, 0) is 82.3 Å². The molecule has 1 aliphatic heterocycles. The number of ether oxygens (including phenoxy) is 1. The lowest BCUT2D eigenvalue weighted by Crippen LogP contribution is -2.56. The number of amides is 2. The number of Topliss-reactive ketones (excluding diaryl/α,β-unsaturated/α-hetero) is 1. The minimum absolute atomic E-state index is 0.0254. The second kappa shape index (κ2) is 9.04. The van der Waals surface area contributed by atoms with Crippen LogP contribution >= 0.6 is 0 Å². The number of anilines is 1. The third kappa shape index (κ3) is 4.48. The van der Waals surface area contributed by atoms with E-state index in [1.54, 1.807) is 24.3 Å². The van der Waals surface area contributed by atoms with Gasteiger partial charge in [-0.1, -0.05) is 12.1 Å². The number of carbonyl (C=O) groups is 4. The van der Waals surface area contributed by atoms with Crippen molar-refractivity contribution in [3.05, 3.63) is 29.8 Å². The van der Waals surface area contributed by atoms with E-state index in [0.29, 0.717) is 29.0 Å². The van der Waals surface area contributed by atoms with Gasteiger partial charge >= 0.3 is 5.97 Å². The van der Waals surface area contributed by atoms with Crippen LogP contribution in [0.5, 0.6) is 0 Å². The molecular formula is C27H34N2O6. The molecule has 35 heavy (non-hydrogen) atoms. The summed E-state index contributed by atoms with van der Waals surface area (Å²) in [5, 5.41) is 13.0. The minimum atomic E-state index is -1.13. The maximum absolute atomic E-state index is 13.8. The number of ketones is 1. The summed E-state index contributed by atoms with van der Waals surface area (Å²) in [5.74, 6) is 0.303. The van der Waals surface area contributed by atoms with Gasteiger partial charge in [0.25, 0.3) is 5.91 Å². The summed E-state index contributed by atoms with van der Waals surface area (Å²) in [7, 11) is 0. The molecule has 188 valence electrons. The molecule has 8 heteroatoms. The Morgan fingerprint density at radius 3 is 2.23 bits per heavy atom. The molecule has 8 nitrogen and oxygen atoms in total. The van der Waals surface area contributed by atoms with Gasteiger partial charge in [0.2, 0.25) is 5.91 Å². The smallest absolute Gasteiger partial charge is 0.329 e. The Bertz CT molecular complexity index is 1020. The van der Waals surface area contributed by atoms with Crippen LogP contribution in [0, 0.1) is 23.2 Å². The van der Waals surface area contributed by atoms with E-state index in [-0.39, 0.29) is 24.7 Å². The number of carbonyl (C=O) groups excluding carboxylic acids is 4. The first-order chi connectivity index (χ1) is 16.6.